The molecule has 1 unspecified atom stereocenters. The lowest BCUT2D eigenvalue weighted by atomic mass is 10.0. The molecular weight excluding hydrogens is 377 g/mol. The lowest BCUT2D eigenvalue weighted by molar-refractivity contribution is 0.270. The molecule has 0 saturated carbocycles. The Balaban J connectivity index is 0.00000220. The van der Waals surface area contributed by atoms with Crippen LogP contribution in [0, 0.1) is 19.8 Å². The van der Waals surface area contributed by atoms with Crippen LogP contribution in [0.5, 0.6) is 0 Å². The van der Waals surface area contributed by atoms with Crippen LogP contribution >= 0.6 is 24.0 Å². The van der Waals surface area contributed by atoms with Crippen LogP contribution in [0.2, 0.25) is 0 Å². The minimum Gasteiger partial charge on any atom is -0.370 e. The smallest absolute Gasteiger partial charge is 0.191 e. The van der Waals surface area contributed by atoms with Gasteiger partial charge in [-0.05, 0) is 44.6 Å². The van der Waals surface area contributed by atoms with Crippen molar-refractivity contribution in [3.05, 3.63) is 17.0 Å². The van der Waals surface area contributed by atoms with E-state index in [1.165, 1.54) is 24.1 Å². The highest BCUT2D eigenvalue weighted by Crippen LogP contribution is 2.15. The summed E-state index contributed by atoms with van der Waals surface area (Å²) in [6.07, 6.45) is 3.44. The summed E-state index contributed by atoms with van der Waals surface area (Å²) in [7, 11) is 1.98. The van der Waals surface area contributed by atoms with Crippen LogP contribution in [0.25, 0.3) is 0 Å². The second kappa shape index (κ2) is 8.00. The molecule has 1 aromatic heterocycles. The zero-order valence-corrected chi connectivity index (χ0v) is 15.9. The Kier molecular flexibility index (Phi) is 6.96. The van der Waals surface area contributed by atoms with Crippen molar-refractivity contribution in [2.24, 2.45) is 23.7 Å². The van der Waals surface area contributed by atoms with Crippen LogP contribution in [0.1, 0.15) is 36.7 Å². The lowest BCUT2D eigenvalue weighted by Gasteiger charge is -2.31. The molecule has 2 N–H and O–H groups in total. The van der Waals surface area contributed by atoms with Gasteiger partial charge in [-0.2, -0.15) is 5.10 Å². The molecule has 120 valence electrons. The molecule has 6 heteroatoms. The Labute approximate surface area is 145 Å². The number of likely N-dealkylation sites (tertiary alicyclic amines) is 1. The fraction of sp³-hybridized carbons (Fsp3) is 0.733. The molecule has 0 aromatic carbocycles. The highest BCUT2D eigenvalue weighted by Gasteiger charge is 2.17. The van der Waals surface area contributed by atoms with E-state index in [4.69, 9.17) is 5.73 Å². The third-order valence-electron chi connectivity index (χ3n) is 4.28. The summed E-state index contributed by atoms with van der Waals surface area (Å²) in [5.74, 6) is 1.43. The van der Waals surface area contributed by atoms with E-state index in [0.29, 0.717) is 5.96 Å². The molecule has 1 aliphatic heterocycles. The second-order valence-corrected chi connectivity index (χ2v) is 5.96. The Morgan fingerprint density at radius 1 is 1.43 bits per heavy atom. The summed E-state index contributed by atoms with van der Waals surface area (Å²) in [6, 6.07) is 0. The molecule has 0 bridgehead atoms. The van der Waals surface area contributed by atoms with Gasteiger partial charge in [-0.25, -0.2) is 0 Å². The van der Waals surface area contributed by atoms with Crippen LogP contribution in [-0.4, -0.2) is 40.3 Å². The first-order valence-electron chi connectivity index (χ1n) is 7.53. The molecular formula is C15H28IN5. The maximum Gasteiger partial charge on any atom is 0.191 e. The summed E-state index contributed by atoms with van der Waals surface area (Å²) in [6.45, 7) is 9.27. The molecule has 2 heterocycles. The van der Waals surface area contributed by atoms with Gasteiger partial charge >= 0.3 is 0 Å². The van der Waals surface area contributed by atoms with E-state index in [1.54, 1.807) is 0 Å². The van der Waals surface area contributed by atoms with Gasteiger partial charge in [0.05, 0.1) is 5.69 Å². The molecule has 21 heavy (non-hydrogen) atoms. The third-order valence-corrected chi connectivity index (χ3v) is 4.28. The van der Waals surface area contributed by atoms with E-state index in [-0.39, 0.29) is 24.0 Å². The van der Waals surface area contributed by atoms with Crippen LogP contribution in [0.15, 0.2) is 4.99 Å². The Morgan fingerprint density at radius 3 is 2.71 bits per heavy atom. The molecule has 5 nitrogen and oxygen atoms in total. The number of aryl methyl sites for hydroxylation is 2. The number of aromatic nitrogens is 2. The first kappa shape index (κ1) is 18.3. The first-order chi connectivity index (χ1) is 9.49. The van der Waals surface area contributed by atoms with Crippen molar-refractivity contribution in [2.45, 2.75) is 40.0 Å². The standard InChI is InChI=1S/C15H27N5.HI/c1-11-6-5-9-20(10-11)15(16)17-8-7-14-12(2)18-19(4)13(14)3;/h11H,5-10H2,1-4H3,(H2,16,17);1H. The largest absolute Gasteiger partial charge is 0.370 e. The first-order valence-corrected chi connectivity index (χ1v) is 7.53. The molecule has 1 atom stereocenters. The number of nitrogens with zero attached hydrogens (tertiary/aromatic N) is 4. The van der Waals surface area contributed by atoms with Crippen molar-refractivity contribution >= 4 is 29.9 Å². The number of hydrogen-bond acceptors (Lipinski definition) is 2. The number of piperidine rings is 1. The van der Waals surface area contributed by atoms with E-state index in [0.717, 1.165) is 37.7 Å². The van der Waals surface area contributed by atoms with Crippen LogP contribution < -0.4 is 5.73 Å². The van der Waals surface area contributed by atoms with E-state index in [1.807, 2.05) is 11.7 Å². The molecule has 1 aliphatic rings. The summed E-state index contributed by atoms with van der Waals surface area (Å²) < 4.78 is 1.93. The Morgan fingerprint density at radius 2 is 2.14 bits per heavy atom. The molecule has 1 saturated heterocycles. The second-order valence-electron chi connectivity index (χ2n) is 5.96. The van der Waals surface area contributed by atoms with Gasteiger partial charge in [0.25, 0.3) is 0 Å². The maximum absolute atomic E-state index is 6.11. The number of aliphatic imine (C=N–C) groups is 1. The van der Waals surface area contributed by atoms with Crippen LogP contribution in [0.3, 0.4) is 0 Å². The van der Waals surface area contributed by atoms with E-state index in [9.17, 15) is 0 Å². The van der Waals surface area contributed by atoms with Crippen molar-refractivity contribution < 1.29 is 0 Å². The van der Waals surface area contributed by atoms with Gasteiger partial charge < -0.3 is 10.6 Å². The van der Waals surface area contributed by atoms with E-state index in [2.05, 4.69) is 35.8 Å². The number of halogens is 1. The van der Waals surface area contributed by atoms with Gasteiger partial charge in [-0.15, -0.1) is 24.0 Å². The summed E-state index contributed by atoms with van der Waals surface area (Å²) in [5, 5.41) is 4.43. The van der Waals surface area contributed by atoms with Crippen molar-refractivity contribution in [3.8, 4) is 0 Å². The summed E-state index contributed by atoms with van der Waals surface area (Å²) in [5.41, 5.74) is 9.74. The maximum atomic E-state index is 6.11. The normalized spacial score (nSPS) is 19.5. The van der Waals surface area contributed by atoms with E-state index < -0.39 is 0 Å². The van der Waals surface area contributed by atoms with Gasteiger partial charge in [-0.1, -0.05) is 6.92 Å². The Hall–Kier alpha value is -0.790. The van der Waals surface area contributed by atoms with Crippen LogP contribution in [-0.2, 0) is 13.5 Å². The zero-order valence-electron chi connectivity index (χ0n) is 13.6. The monoisotopic (exact) mass is 405 g/mol. The number of rotatable bonds is 3. The van der Waals surface area contributed by atoms with Crippen molar-refractivity contribution in [3.63, 3.8) is 0 Å². The van der Waals surface area contributed by atoms with Gasteiger partial charge in [0, 0.05) is 32.4 Å². The third kappa shape index (κ3) is 4.59. The highest BCUT2D eigenvalue weighted by molar-refractivity contribution is 14.0. The number of nitrogens with two attached hydrogens (primary N) is 1. The number of hydrogen-bond donors (Lipinski definition) is 1. The zero-order chi connectivity index (χ0) is 14.7. The van der Waals surface area contributed by atoms with Crippen molar-refractivity contribution in [2.75, 3.05) is 19.6 Å². The fourth-order valence-electron chi connectivity index (χ4n) is 2.96. The van der Waals surface area contributed by atoms with Gasteiger partial charge in [0.1, 0.15) is 0 Å². The van der Waals surface area contributed by atoms with Crippen LogP contribution in [0.4, 0.5) is 0 Å². The van der Waals surface area contributed by atoms with E-state index >= 15 is 0 Å². The highest BCUT2D eigenvalue weighted by atomic mass is 127. The van der Waals surface area contributed by atoms with Crippen molar-refractivity contribution in [1.82, 2.24) is 14.7 Å². The molecule has 0 spiro atoms. The van der Waals surface area contributed by atoms with Gasteiger partial charge in [0.2, 0.25) is 0 Å². The van der Waals surface area contributed by atoms with Crippen molar-refractivity contribution in [1.29, 1.82) is 0 Å². The SMILES string of the molecule is Cc1nn(C)c(C)c1CCN=C(N)N1CCCC(C)C1.I. The molecule has 0 radical (unpaired) electrons. The lowest BCUT2D eigenvalue weighted by Crippen LogP contribution is -2.43. The predicted molar refractivity (Wildman–Crippen MR) is 98.3 cm³/mol. The quantitative estimate of drug-likeness (QED) is 0.477. The average Bonchev–Trinajstić information content (AvgIpc) is 2.65. The summed E-state index contributed by atoms with van der Waals surface area (Å²) in [4.78, 5) is 6.77. The van der Waals surface area contributed by atoms with Gasteiger partial charge in [-0.3, -0.25) is 9.67 Å². The molecule has 0 aliphatic carbocycles. The molecule has 1 aromatic rings. The predicted octanol–water partition coefficient (Wildman–Crippen LogP) is 2.24. The Bertz CT molecular complexity index is 494. The molecule has 1 fully saturated rings. The minimum atomic E-state index is 0. The summed E-state index contributed by atoms with van der Waals surface area (Å²) >= 11 is 0. The fourth-order valence-corrected chi connectivity index (χ4v) is 2.96. The van der Waals surface area contributed by atoms with Gasteiger partial charge in [0.15, 0.2) is 5.96 Å². The minimum absolute atomic E-state index is 0. The topological polar surface area (TPSA) is 59.4 Å². The number of guanidine groups is 1. The molecule has 0 amide bonds. The molecule has 2 rings (SSSR count). The average molecular weight is 405 g/mol.